The third kappa shape index (κ3) is 4.56. The van der Waals surface area contributed by atoms with Gasteiger partial charge >= 0.3 is 0 Å². The molecule has 0 aliphatic rings. The smallest absolute Gasteiger partial charge is 0.272 e. The number of nitrogens with zero attached hydrogens (tertiary/aromatic N) is 1. The molecule has 2 aromatic rings. The first-order valence-electron chi connectivity index (χ1n) is 6.76. The lowest BCUT2D eigenvalue weighted by molar-refractivity contribution is 0.0954. The molecule has 2 N–H and O–H groups in total. The van der Waals surface area contributed by atoms with Crippen molar-refractivity contribution in [1.82, 2.24) is 5.43 Å². The maximum atomic E-state index is 12.0. The molecule has 0 aliphatic heterocycles. The number of halogens is 2. The van der Waals surface area contributed by atoms with Crippen molar-refractivity contribution in [1.29, 1.82) is 0 Å². The van der Waals surface area contributed by atoms with E-state index in [2.05, 4.69) is 42.4 Å². The standard InChI is InChI=1S/C16H14Br2N2O3/c1-2-23-14-8-11(17)7-10(15(14)21)9-19-20-16(22)12-5-3-4-6-13(12)18/h3-9,21H,2H2,1H3,(H,20,22)/b19-9-. The number of hydrazone groups is 1. The minimum atomic E-state index is -0.353. The molecule has 0 saturated carbocycles. The molecule has 0 atom stereocenters. The van der Waals surface area contributed by atoms with E-state index in [4.69, 9.17) is 4.74 Å². The highest BCUT2D eigenvalue weighted by Crippen LogP contribution is 2.32. The number of aromatic hydroxyl groups is 1. The SMILES string of the molecule is CCOc1cc(Br)cc(/C=N\NC(=O)c2ccccc2Br)c1O. The van der Waals surface area contributed by atoms with Gasteiger partial charge in [-0.15, -0.1) is 0 Å². The topological polar surface area (TPSA) is 70.9 Å². The summed E-state index contributed by atoms with van der Waals surface area (Å²) >= 11 is 6.64. The van der Waals surface area contributed by atoms with Crippen molar-refractivity contribution in [2.24, 2.45) is 5.10 Å². The van der Waals surface area contributed by atoms with E-state index in [1.54, 1.807) is 30.3 Å². The van der Waals surface area contributed by atoms with Gasteiger partial charge in [-0.05, 0) is 47.1 Å². The lowest BCUT2D eigenvalue weighted by atomic mass is 10.2. The third-order valence-corrected chi connectivity index (χ3v) is 4.01. The lowest BCUT2D eigenvalue weighted by Gasteiger charge is -2.08. The van der Waals surface area contributed by atoms with E-state index in [9.17, 15) is 9.90 Å². The second kappa shape index (κ2) is 8.12. The van der Waals surface area contributed by atoms with Crippen molar-refractivity contribution in [2.75, 3.05) is 6.61 Å². The number of phenolic OH excluding ortho intramolecular Hbond substituents is 1. The summed E-state index contributed by atoms with van der Waals surface area (Å²) in [4.78, 5) is 12.0. The van der Waals surface area contributed by atoms with Crippen LogP contribution in [0.3, 0.4) is 0 Å². The van der Waals surface area contributed by atoms with E-state index in [1.807, 2.05) is 13.0 Å². The Balaban J connectivity index is 2.15. The first kappa shape index (κ1) is 17.5. The predicted molar refractivity (Wildman–Crippen MR) is 96.2 cm³/mol. The lowest BCUT2D eigenvalue weighted by Crippen LogP contribution is -2.18. The second-order valence-corrected chi connectivity index (χ2v) is 6.22. The summed E-state index contributed by atoms with van der Waals surface area (Å²) in [6.07, 6.45) is 1.36. The number of hydrogen-bond donors (Lipinski definition) is 2. The fourth-order valence-electron chi connectivity index (χ4n) is 1.82. The Labute approximate surface area is 150 Å². The fourth-order valence-corrected chi connectivity index (χ4v) is 2.74. The van der Waals surface area contributed by atoms with Crippen LogP contribution in [-0.2, 0) is 0 Å². The highest BCUT2D eigenvalue weighted by atomic mass is 79.9. The van der Waals surface area contributed by atoms with Crippen LogP contribution in [0.15, 0.2) is 50.4 Å². The molecule has 2 rings (SSSR count). The predicted octanol–water partition coefficient (Wildman–Crippen LogP) is 4.08. The van der Waals surface area contributed by atoms with Gasteiger partial charge in [-0.1, -0.05) is 28.1 Å². The average Bonchev–Trinajstić information content (AvgIpc) is 2.52. The molecular formula is C16H14Br2N2O3. The van der Waals surface area contributed by atoms with E-state index in [1.165, 1.54) is 6.21 Å². The van der Waals surface area contributed by atoms with Crippen molar-refractivity contribution in [3.63, 3.8) is 0 Å². The van der Waals surface area contributed by atoms with Crippen LogP contribution in [0.25, 0.3) is 0 Å². The molecule has 0 bridgehead atoms. The highest BCUT2D eigenvalue weighted by Gasteiger charge is 2.10. The number of rotatable bonds is 5. The van der Waals surface area contributed by atoms with Gasteiger partial charge in [-0.25, -0.2) is 5.43 Å². The molecule has 7 heteroatoms. The summed E-state index contributed by atoms with van der Waals surface area (Å²) in [5.74, 6) is -0.0392. The van der Waals surface area contributed by atoms with Crippen molar-refractivity contribution in [2.45, 2.75) is 6.92 Å². The number of ether oxygens (including phenoxy) is 1. The van der Waals surface area contributed by atoms with Crippen LogP contribution in [0.5, 0.6) is 11.5 Å². The monoisotopic (exact) mass is 440 g/mol. The van der Waals surface area contributed by atoms with Crippen molar-refractivity contribution < 1.29 is 14.6 Å². The van der Waals surface area contributed by atoms with Gasteiger partial charge in [0.05, 0.1) is 18.4 Å². The van der Waals surface area contributed by atoms with E-state index < -0.39 is 0 Å². The zero-order valence-corrected chi connectivity index (χ0v) is 15.4. The quantitative estimate of drug-likeness (QED) is 0.542. The largest absolute Gasteiger partial charge is 0.504 e. The van der Waals surface area contributed by atoms with Gasteiger partial charge in [-0.3, -0.25) is 4.79 Å². The molecule has 0 fully saturated rings. The number of amides is 1. The minimum absolute atomic E-state index is 0.0334. The molecule has 0 radical (unpaired) electrons. The van der Waals surface area contributed by atoms with Crippen LogP contribution in [0.2, 0.25) is 0 Å². The number of benzene rings is 2. The van der Waals surface area contributed by atoms with Gasteiger partial charge in [0.15, 0.2) is 11.5 Å². The molecule has 120 valence electrons. The summed E-state index contributed by atoms with van der Waals surface area (Å²) < 4.78 is 6.75. The Morgan fingerprint density at radius 2 is 2.09 bits per heavy atom. The Kier molecular flexibility index (Phi) is 6.18. The van der Waals surface area contributed by atoms with Crippen LogP contribution in [0.1, 0.15) is 22.8 Å². The third-order valence-electron chi connectivity index (χ3n) is 2.86. The van der Waals surface area contributed by atoms with Crippen LogP contribution < -0.4 is 10.2 Å². The van der Waals surface area contributed by atoms with Crippen LogP contribution in [-0.4, -0.2) is 23.8 Å². The molecule has 0 saturated heterocycles. The van der Waals surface area contributed by atoms with Crippen molar-refractivity contribution in [3.05, 3.63) is 56.5 Å². The van der Waals surface area contributed by atoms with E-state index in [0.29, 0.717) is 28.0 Å². The molecule has 1 amide bonds. The molecule has 23 heavy (non-hydrogen) atoms. The Morgan fingerprint density at radius 1 is 1.35 bits per heavy atom. The molecule has 0 aromatic heterocycles. The van der Waals surface area contributed by atoms with E-state index in [0.717, 1.165) is 4.47 Å². The Bertz CT molecular complexity index is 748. The van der Waals surface area contributed by atoms with Crippen molar-refractivity contribution >= 4 is 44.0 Å². The summed E-state index contributed by atoms with van der Waals surface area (Å²) in [5.41, 5.74) is 3.32. The summed E-state index contributed by atoms with van der Waals surface area (Å²) in [5, 5.41) is 14.0. The maximum Gasteiger partial charge on any atom is 0.272 e. The molecule has 2 aromatic carbocycles. The number of carbonyl (C=O) groups is 1. The fraction of sp³-hybridized carbons (Fsp3) is 0.125. The average molecular weight is 442 g/mol. The molecular weight excluding hydrogens is 428 g/mol. The van der Waals surface area contributed by atoms with Gasteiger partial charge in [0.25, 0.3) is 5.91 Å². The summed E-state index contributed by atoms with van der Waals surface area (Å²) in [6, 6.07) is 10.4. The zero-order chi connectivity index (χ0) is 16.8. The molecule has 5 nitrogen and oxygen atoms in total. The summed E-state index contributed by atoms with van der Waals surface area (Å²) in [7, 11) is 0. The number of carbonyl (C=O) groups excluding carboxylic acids is 1. The van der Waals surface area contributed by atoms with Crippen molar-refractivity contribution in [3.8, 4) is 11.5 Å². The van der Waals surface area contributed by atoms with Gasteiger partial charge < -0.3 is 9.84 Å². The highest BCUT2D eigenvalue weighted by molar-refractivity contribution is 9.10. The second-order valence-electron chi connectivity index (χ2n) is 4.45. The van der Waals surface area contributed by atoms with Gasteiger partial charge in [0.1, 0.15) is 0 Å². The Morgan fingerprint density at radius 3 is 2.78 bits per heavy atom. The van der Waals surface area contributed by atoms with Crippen LogP contribution in [0.4, 0.5) is 0 Å². The minimum Gasteiger partial charge on any atom is -0.504 e. The first-order chi connectivity index (χ1) is 11.0. The molecule has 0 unspecified atom stereocenters. The van der Waals surface area contributed by atoms with E-state index in [-0.39, 0.29) is 11.7 Å². The van der Waals surface area contributed by atoms with Crippen LogP contribution in [0, 0.1) is 0 Å². The zero-order valence-electron chi connectivity index (χ0n) is 12.2. The Hall–Kier alpha value is -1.86. The number of nitrogens with one attached hydrogen (secondary N) is 1. The van der Waals surface area contributed by atoms with Gasteiger partial charge in [0.2, 0.25) is 0 Å². The molecule has 0 spiro atoms. The molecule has 0 aliphatic carbocycles. The summed E-state index contributed by atoms with van der Waals surface area (Å²) in [6.45, 7) is 2.26. The first-order valence-corrected chi connectivity index (χ1v) is 8.34. The normalized spacial score (nSPS) is 10.7. The van der Waals surface area contributed by atoms with E-state index >= 15 is 0 Å². The van der Waals surface area contributed by atoms with Gasteiger partial charge in [-0.2, -0.15) is 5.10 Å². The molecule has 0 heterocycles. The number of phenols is 1. The van der Waals surface area contributed by atoms with Crippen LogP contribution >= 0.6 is 31.9 Å². The number of hydrogen-bond acceptors (Lipinski definition) is 4. The maximum absolute atomic E-state index is 12.0. The van der Waals surface area contributed by atoms with Gasteiger partial charge in [0, 0.05) is 14.5 Å².